The van der Waals surface area contributed by atoms with Crippen molar-refractivity contribution in [1.82, 2.24) is 5.32 Å². The minimum absolute atomic E-state index is 0.256. The van der Waals surface area contributed by atoms with E-state index in [9.17, 15) is 14.7 Å². The van der Waals surface area contributed by atoms with Crippen LogP contribution in [0, 0.1) is 5.92 Å². The van der Waals surface area contributed by atoms with E-state index in [4.69, 9.17) is 5.73 Å². The lowest BCUT2D eigenvalue weighted by Gasteiger charge is -2.18. The van der Waals surface area contributed by atoms with Crippen LogP contribution >= 0.6 is 0 Å². The Morgan fingerprint density at radius 1 is 1.33 bits per heavy atom. The Bertz CT molecular complexity index is 227. The first-order valence-corrected chi connectivity index (χ1v) is 5.11. The molecule has 0 aromatic carbocycles. The molecule has 0 rings (SSSR count). The lowest BCUT2D eigenvalue weighted by atomic mass is 10.1. The average molecular weight is 216 g/mol. The van der Waals surface area contributed by atoms with Gasteiger partial charge in [-0.15, -0.1) is 0 Å². The maximum atomic E-state index is 11.3. The molecule has 0 aliphatic rings. The van der Waals surface area contributed by atoms with E-state index in [0.717, 1.165) is 6.42 Å². The number of amides is 2. The molecular formula is C10H20N2O3. The van der Waals surface area contributed by atoms with E-state index < -0.39 is 18.1 Å². The normalized spacial score (nSPS) is 14.7. The Hall–Kier alpha value is -1.10. The first-order valence-electron chi connectivity index (χ1n) is 5.11. The molecule has 0 bridgehead atoms. The van der Waals surface area contributed by atoms with E-state index in [2.05, 4.69) is 5.32 Å². The van der Waals surface area contributed by atoms with E-state index in [-0.39, 0.29) is 5.91 Å². The zero-order valence-corrected chi connectivity index (χ0v) is 9.49. The molecule has 0 fully saturated rings. The minimum atomic E-state index is -0.996. The molecule has 5 heteroatoms. The Morgan fingerprint density at radius 3 is 2.20 bits per heavy atom. The van der Waals surface area contributed by atoms with Gasteiger partial charge in [0.25, 0.3) is 0 Å². The van der Waals surface area contributed by atoms with Gasteiger partial charge in [-0.1, -0.05) is 13.8 Å². The molecule has 15 heavy (non-hydrogen) atoms. The van der Waals surface area contributed by atoms with Crippen LogP contribution < -0.4 is 11.1 Å². The summed E-state index contributed by atoms with van der Waals surface area (Å²) < 4.78 is 0. The van der Waals surface area contributed by atoms with Gasteiger partial charge in [0, 0.05) is 6.42 Å². The minimum Gasteiger partial charge on any atom is -0.391 e. The third-order valence-electron chi connectivity index (χ3n) is 2.05. The van der Waals surface area contributed by atoms with Crippen LogP contribution in [0.15, 0.2) is 0 Å². The van der Waals surface area contributed by atoms with Crippen LogP contribution in [0.3, 0.4) is 0 Å². The number of carbonyl (C=O) groups excluding carboxylic acids is 2. The molecule has 0 unspecified atom stereocenters. The highest BCUT2D eigenvalue weighted by atomic mass is 16.3. The van der Waals surface area contributed by atoms with Crippen molar-refractivity contribution in [2.75, 3.05) is 0 Å². The second kappa shape index (κ2) is 6.40. The predicted molar refractivity (Wildman–Crippen MR) is 56.9 cm³/mol. The topological polar surface area (TPSA) is 92.4 Å². The lowest BCUT2D eigenvalue weighted by Crippen LogP contribution is -2.50. The van der Waals surface area contributed by atoms with Gasteiger partial charge in [0.2, 0.25) is 11.8 Å². The molecule has 0 saturated carbocycles. The Labute approximate surface area is 90.0 Å². The summed E-state index contributed by atoms with van der Waals surface area (Å²) in [5.41, 5.74) is 5.03. The summed E-state index contributed by atoms with van der Waals surface area (Å²) in [6.45, 7) is 5.43. The number of hydrogen-bond acceptors (Lipinski definition) is 3. The van der Waals surface area contributed by atoms with Gasteiger partial charge >= 0.3 is 0 Å². The van der Waals surface area contributed by atoms with Crippen molar-refractivity contribution in [1.29, 1.82) is 0 Å². The van der Waals surface area contributed by atoms with Gasteiger partial charge in [0.1, 0.15) is 6.04 Å². The molecule has 2 amide bonds. The zero-order valence-electron chi connectivity index (χ0n) is 9.49. The molecule has 5 nitrogen and oxygen atoms in total. The summed E-state index contributed by atoms with van der Waals surface area (Å²) in [6.07, 6.45) is 0.121. The van der Waals surface area contributed by atoms with Crippen molar-refractivity contribution in [3.8, 4) is 0 Å². The van der Waals surface area contributed by atoms with Crippen LogP contribution in [-0.4, -0.2) is 29.1 Å². The molecule has 88 valence electrons. The highest BCUT2D eigenvalue weighted by molar-refractivity contribution is 5.86. The monoisotopic (exact) mass is 216 g/mol. The summed E-state index contributed by atoms with van der Waals surface area (Å²) in [7, 11) is 0. The summed E-state index contributed by atoms with van der Waals surface area (Å²) in [4.78, 5) is 22.2. The van der Waals surface area contributed by atoms with Crippen LogP contribution in [0.1, 0.15) is 33.6 Å². The highest BCUT2D eigenvalue weighted by Crippen LogP contribution is 2.03. The molecule has 4 N–H and O–H groups in total. The number of aliphatic hydroxyl groups excluding tert-OH is 1. The van der Waals surface area contributed by atoms with E-state index in [1.54, 1.807) is 0 Å². The molecule has 0 aliphatic carbocycles. The number of nitrogens with two attached hydrogens (primary N) is 1. The maximum absolute atomic E-state index is 11.3. The smallest absolute Gasteiger partial charge is 0.242 e. The van der Waals surface area contributed by atoms with Crippen molar-refractivity contribution >= 4 is 11.8 Å². The van der Waals surface area contributed by atoms with Gasteiger partial charge in [0.15, 0.2) is 0 Å². The molecule has 0 saturated heterocycles. The summed E-state index contributed by atoms with van der Waals surface area (Å²) in [5.74, 6) is -0.550. The number of rotatable bonds is 6. The van der Waals surface area contributed by atoms with Crippen LogP contribution in [0.2, 0.25) is 0 Å². The fourth-order valence-corrected chi connectivity index (χ4v) is 1.09. The van der Waals surface area contributed by atoms with E-state index >= 15 is 0 Å². The largest absolute Gasteiger partial charge is 0.391 e. The van der Waals surface area contributed by atoms with Gasteiger partial charge in [-0.25, -0.2) is 0 Å². The van der Waals surface area contributed by atoms with Crippen molar-refractivity contribution in [3.63, 3.8) is 0 Å². The van der Waals surface area contributed by atoms with Gasteiger partial charge in [-0.05, 0) is 19.3 Å². The molecule has 2 atom stereocenters. The number of hydrogen-bond donors (Lipinski definition) is 3. The van der Waals surface area contributed by atoms with Crippen LogP contribution in [-0.2, 0) is 9.59 Å². The van der Waals surface area contributed by atoms with Crippen molar-refractivity contribution in [2.45, 2.75) is 45.8 Å². The third kappa shape index (κ3) is 6.06. The molecule has 0 radical (unpaired) electrons. The second-order valence-corrected chi connectivity index (χ2v) is 4.12. The van der Waals surface area contributed by atoms with Gasteiger partial charge < -0.3 is 16.2 Å². The standard InChI is InChI=1S/C10H20N2O3/c1-6(2)4-5-8(14)12-9(7(3)13)10(11)15/h6-7,9,13H,4-5H2,1-3H3,(H2,11,15)(H,12,14)/t7-,9+/m1/s1. The maximum Gasteiger partial charge on any atom is 0.242 e. The molecular weight excluding hydrogens is 196 g/mol. The zero-order chi connectivity index (χ0) is 12.0. The predicted octanol–water partition coefficient (Wildman–Crippen LogP) is -0.226. The lowest BCUT2D eigenvalue weighted by molar-refractivity contribution is -0.129. The number of nitrogens with one attached hydrogen (secondary N) is 1. The average Bonchev–Trinajstić information content (AvgIpc) is 2.09. The Morgan fingerprint density at radius 2 is 1.87 bits per heavy atom. The van der Waals surface area contributed by atoms with E-state index in [1.807, 2.05) is 13.8 Å². The van der Waals surface area contributed by atoms with Gasteiger partial charge in [-0.3, -0.25) is 9.59 Å². The summed E-state index contributed by atoms with van der Waals surface area (Å²) in [5, 5.41) is 11.6. The molecule has 0 heterocycles. The van der Waals surface area contributed by atoms with E-state index in [0.29, 0.717) is 12.3 Å². The Kier molecular flexibility index (Phi) is 5.93. The third-order valence-corrected chi connectivity index (χ3v) is 2.05. The molecule has 0 aliphatic heterocycles. The Balaban J connectivity index is 4.07. The van der Waals surface area contributed by atoms with Crippen LogP contribution in [0.25, 0.3) is 0 Å². The summed E-state index contributed by atoms with van der Waals surface area (Å²) in [6, 6.07) is -0.996. The van der Waals surface area contributed by atoms with Crippen molar-refractivity contribution < 1.29 is 14.7 Å². The number of carbonyl (C=O) groups is 2. The quantitative estimate of drug-likeness (QED) is 0.572. The SMILES string of the molecule is CC(C)CCC(=O)N[C@H](C(N)=O)[C@@H](C)O. The van der Waals surface area contributed by atoms with Crippen molar-refractivity contribution in [2.24, 2.45) is 11.7 Å². The summed E-state index contributed by atoms with van der Waals surface area (Å²) >= 11 is 0. The van der Waals surface area contributed by atoms with Crippen LogP contribution in [0.4, 0.5) is 0 Å². The van der Waals surface area contributed by atoms with Crippen molar-refractivity contribution in [3.05, 3.63) is 0 Å². The fraction of sp³-hybridized carbons (Fsp3) is 0.800. The molecule has 0 aromatic rings. The van der Waals surface area contributed by atoms with E-state index in [1.165, 1.54) is 6.92 Å². The first-order chi connectivity index (χ1) is 6.84. The fourth-order valence-electron chi connectivity index (χ4n) is 1.09. The molecule has 0 spiro atoms. The highest BCUT2D eigenvalue weighted by Gasteiger charge is 2.22. The molecule has 0 aromatic heterocycles. The van der Waals surface area contributed by atoms with Crippen LogP contribution in [0.5, 0.6) is 0 Å². The number of aliphatic hydroxyl groups is 1. The second-order valence-electron chi connectivity index (χ2n) is 4.12. The first kappa shape index (κ1) is 13.9. The van der Waals surface area contributed by atoms with Gasteiger partial charge in [-0.2, -0.15) is 0 Å². The number of primary amides is 1. The van der Waals surface area contributed by atoms with Gasteiger partial charge in [0.05, 0.1) is 6.10 Å².